The molecule has 0 heterocycles. The van der Waals surface area contributed by atoms with Gasteiger partial charge in [-0.3, -0.25) is 9.10 Å². The lowest BCUT2D eigenvalue weighted by atomic mass is 10.2. The van der Waals surface area contributed by atoms with Crippen molar-refractivity contribution in [3.05, 3.63) is 28.8 Å². The average Bonchev–Trinajstić information content (AvgIpc) is 2.39. The van der Waals surface area contributed by atoms with Gasteiger partial charge in [-0.1, -0.05) is 24.6 Å². The molecule has 0 aliphatic rings. The molecule has 0 aliphatic heterocycles. The Kier molecular flexibility index (Phi) is 6.48. The summed E-state index contributed by atoms with van der Waals surface area (Å²) < 4.78 is 25.2. The molecule has 0 bridgehead atoms. The number of hydrogen-bond donors (Lipinski definition) is 1. The number of rotatable bonds is 7. The highest BCUT2D eigenvalue weighted by Gasteiger charge is 2.20. The van der Waals surface area contributed by atoms with Gasteiger partial charge in [-0.2, -0.15) is 0 Å². The van der Waals surface area contributed by atoms with Crippen molar-refractivity contribution >= 4 is 33.2 Å². The number of anilines is 1. The zero-order valence-corrected chi connectivity index (χ0v) is 14.1. The summed E-state index contributed by atoms with van der Waals surface area (Å²) in [5.41, 5.74) is 1.30. The molecule has 5 nitrogen and oxygen atoms in total. The van der Waals surface area contributed by atoms with Crippen LogP contribution >= 0.6 is 11.6 Å². The number of aryl methyl sites for hydroxylation is 1. The van der Waals surface area contributed by atoms with Crippen molar-refractivity contribution in [2.24, 2.45) is 0 Å². The van der Waals surface area contributed by atoms with Crippen LogP contribution in [0.4, 0.5) is 5.69 Å². The zero-order chi connectivity index (χ0) is 16.0. The number of amides is 1. The fourth-order valence-corrected chi connectivity index (χ4v) is 3.02. The minimum atomic E-state index is -3.48. The summed E-state index contributed by atoms with van der Waals surface area (Å²) in [4.78, 5) is 11.7. The number of halogens is 1. The molecule has 0 spiro atoms. The molecule has 1 rings (SSSR count). The molecule has 0 aliphatic carbocycles. The van der Waals surface area contributed by atoms with E-state index in [0.29, 0.717) is 17.3 Å². The van der Waals surface area contributed by atoms with Crippen molar-refractivity contribution in [2.75, 3.05) is 23.7 Å². The number of nitrogens with zero attached hydrogens (tertiary/aromatic N) is 1. The normalized spacial score (nSPS) is 11.2. The van der Waals surface area contributed by atoms with Gasteiger partial charge >= 0.3 is 0 Å². The standard InChI is InChI=1S/C14H21ClN2O3S/c1-4-8-16-14(18)7-9-17(21(3,19)20)13-10-12(15)6-5-11(13)2/h5-6,10H,4,7-9H2,1-3H3,(H,16,18). The lowest BCUT2D eigenvalue weighted by Crippen LogP contribution is -2.35. The molecule has 21 heavy (non-hydrogen) atoms. The van der Waals surface area contributed by atoms with E-state index < -0.39 is 10.0 Å². The first-order valence-electron chi connectivity index (χ1n) is 6.76. The van der Waals surface area contributed by atoms with Gasteiger partial charge in [-0.05, 0) is 31.0 Å². The van der Waals surface area contributed by atoms with Gasteiger partial charge in [0, 0.05) is 24.5 Å². The van der Waals surface area contributed by atoms with Crippen LogP contribution in [-0.2, 0) is 14.8 Å². The van der Waals surface area contributed by atoms with Gasteiger partial charge in [-0.15, -0.1) is 0 Å². The Labute approximate surface area is 131 Å². The summed E-state index contributed by atoms with van der Waals surface area (Å²) in [5.74, 6) is -0.162. The van der Waals surface area contributed by atoms with Crippen LogP contribution in [0, 0.1) is 6.92 Å². The Morgan fingerprint density at radius 2 is 2.05 bits per heavy atom. The number of benzene rings is 1. The van der Waals surface area contributed by atoms with Crippen molar-refractivity contribution in [3.63, 3.8) is 0 Å². The lowest BCUT2D eigenvalue weighted by Gasteiger charge is -2.24. The predicted octanol–water partition coefficient (Wildman–Crippen LogP) is 2.33. The van der Waals surface area contributed by atoms with Gasteiger partial charge < -0.3 is 5.32 Å². The molecule has 118 valence electrons. The first kappa shape index (κ1) is 17.8. The van der Waals surface area contributed by atoms with E-state index >= 15 is 0 Å². The monoisotopic (exact) mass is 332 g/mol. The summed E-state index contributed by atoms with van der Waals surface area (Å²) in [6.45, 7) is 4.45. The maximum absolute atomic E-state index is 12.0. The van der Waals surface area contributed by atoms with Gasteiger partial charge in [0.25, 0.3) is 0 Å². The largest absolute Gasteiger partial charge is 0.356 e. The van der Waals surface area contributed by atoms with Gasteiger partial charge in [0.05, 0.1) is 11.9 Å². The molecule has 1 amide bonds. The van der Waals surface area contributed by atoms with Gasteiger partial charge in [0.2, 0.25) is 15.9 Å². The molecule has 0 atom stereocenters. The number of sulfonamides is 1. The van der Waals surface area contributed by atoms with E-state index in [4.69, 9.17) is 11.6 Å². The second-order valence-electron chi connectivity index (χ2n) is 4.87. The summed E-state index contributed by atoms with van der Waals surface area (Å²) in [7, 11) is -3.48. The Morgan fingerprint density at radius 3 is 2.62 bits per heavy atom. The van der Waals surface area contributed by atoms with Crippen molar-refractivity contribution in [3.8, 4) is 0 Å². The fourth-order valence-electron chi connectivity index (χ4n) is 1.87. The van der Waals surface area contributed by atoms with Crippen LogP contribution in [0.15, 0.2) is 18.2 Å². The third-order valence-corrected chi connectivity index (χ3v) is 4.37. The highest BCUT2D eigenvalue weighted by atomic mass is 35.5. The molecule has 0 unspecified atom stereocenters. The molecular formula is C14H21ClN2O3S. The van der Waals surface area contributed by atoms with Gasteiger partial charge in [0.1, 0.15) is 0 Å². The highest BCUT2D eigenvalue weighted by molar-refractivity contribution is 7.92. The Bertz CT molecular complexity index is 602. The summed E-state index contributed by atoms with van der Waals surface area (Å²) in [5, 5.41) is 3.19. The number of nitrogens with one attached hydrogen (secondary N) is 1. The van der Waals surface area contributed by atoms with E-state index in [-0.39, 0.29) is 18.9 Å². The fraction of sp³-hybridized carbons (Fsp3) is 0.500. The quantitative estimate of drug-likeness (QED) is 0.833. The molecule has 0 fully saturated rings. The van der Waals surface area contributed by atoms with E-state index in [2.05, 4.69) is 5.32 Å². The third kappa shape index (κ3) is 5.55. The molecule has 1 aromatic carbocycles. The summed E-state index contributed by atoms with van der Waals surface area (Å²) in [6.07, 6.45) is 2.07. The van der Waals surface area contributed by atoms with Gasteiger partial charge in [-0.25, -0.2) is 8.42 Å². The topological polar surface area (TPSA) is 66.5 Å². The zero-order valence-electron chi connectivity index (χ0n) is 12.5. The van der Waals surface area contributed by atoms with E-state index in [1.807, 2.05) is 6.92 Å². The number of carbonyl (C=O) groups excluding carboxylic acids is 1. The first-order valence-corrected chi connectivity index (χ1v) is 8.99. The molecule has 1 aromatic rings. The van der Waals surface area contributed by atoms with E-state index in [0.717, 1.165) is 18.2 Å². The Morgan fingerprint density at radius 1 is 1.38 bits per heavy atom. The minimum Gasteiger partial charge on any atom is -0.356 e. The van der Waals surface area contributed by atoms with Crippen LogP contribution < -0.4 is 9.62 Å². The first-order chi connectivity index (χ1) is 9.75. The maximum Gasteiger partial charge on any atom is 0.232 e. The van der Waals surface area contributed by atoms with Crippen molar-refractivity contribution in [2.45, 2.75) is 26.7 Å². The Hall–Kier alpha value is -1.27. The van der Waals surface area contributed by atoms with Gasteiger partial charge in [0.15, 0.2) is 0 Å². The molecule has 1 N–H and O–H groups in total. The second-order valence-corrected chi connectivity index (χ2v) is 7.21. The average molecular weight is 333 g/mol. The van der Waals surface area contributed by atoms with Crippen molar-refractivity contribution in [1.82, 2.24) is 5.32 Å². The highest BCUT2D eigenvalue weighted by Crippen LogP contribution is 2.26. The number of carbonyl (C=O) groups is 1. The predicted molar refractivity (Wildman–Crippen MR) is 86.3 cm³/mol. The second kappa shape index (κ2) is 7.66. The maximum atomic E-state index is 12.0. The minimum absolute atomic E-state index is 0.0928. The summed E-state index contributed by atoms with van der Waals surface area (Å²) >= 11 is 5.94. The van der Waals surface area contributed by atoms with E-state index in [1.54, 1.807) is 25.1 Å². The number of hydrogen-bond acceptors (Lipinski definition) is 3. The van der Waals surface area contributed by atoms with Crippen LogP contribution in [0.3, 0.4) is 0 Å². The van der Waals surface area contributed by atoms with Crippen LogP contribution in [0.2, 0.25) is 5.02 Å². The third-order valence-electron chi connectivity index (χ3n) is 2.95. The SMILES string of the molecule is CCCNC(=O)CCN(c1cc(Cl)ccc1C)S(C)(=O)=O. The van der Waals surface area contributed by atoms with Crippen LogP contribution in [-0.4, -0.2) is 33.7 Å². The molecular weight excluding hydrogens is 312 g/mol. The Balaban J connectivity index is 2.93. The molecule has 0 aromatic heterocycles. The van der Waals surface area contributed by atoms with E-state index in [9.17, 15) is 13.2 Å². The molecule has 7 heteroatoms. The molecule has 0 saturated carbocycles. The molecule has 0 saturated heterocycles. The molecule has 0 radical (unpaired) electrons. The van der Waals surface area contributed by atoms with Crippen LogP contribution in [0.25, 0.3) is 0 Å². The van der Waals surface area contributed by atoms with Crippen molar-refractivity contribution < 1.29 is 13.2 Å². The van der Waals surface area contributed by atoms with Crippen LogP contribution in [0.1, 0.15) is 25.3 Å². The van der Waals surface area contributed by atoms with Crippen LogP contribution in [0.5, 0.6) is 0 Å². The van der Waals surface area contributed by atoms with Crippen molar-refractivity contribution in [1.29, 1.82) is 0 Å². The summed E-state index contributed by atoms with van der Waals surface area (Å²) in [6, 6.07) is 5.06. The lowest BCUT2D eigenvalue weighted by molar-refractivity contribution is -0.120. The van der Waals surface area contributed by atoms with E-state index in [1.165, 1.54) is 4.31 Å². The smallest absolute Gasteiger partial charge is 0.232 e.